The highest BCUT2D eigenvalue weighted by molar-refractivity contribution is 7.93. The number of anilines is 3. The van der Waals surface area contributed by atoms with Gasteiger partial charge in [0.15, 0.2) is 11.4 Å². The minimum absolute atomic E-state index is 0.0684. The quantitative estimate of drug-likeness (QED) is 0.492. The zero-order valence-corrected chi connectivity index (χ0v) is 20.8. The molecule has 34 heavy (non-hydrogen) atoms. The van der Waals surface area contributed by atoms with Crippen LogP contribution in [0.3, 0.4) is 0 Å². The van der Waals surface area contributed by atoms with E-state index < -0.39 is 20.7 Å². The van der Waals surface area contributed by atoms with Gasteiger partial charge in [0.2, 0.25) is 21.8 Å². The van der Waals surface area contributed by atoms with Crippen molar-refractivity contribution in [3.05, 3.63) is 35.0 Å². The van der Waals surface area contributed by atoms with E-state index in [1.807, 2.05) is 13.8 Å². The summed E-state index contributed by atoms with van der Waals surface area (Å²) in [5.74, 6) is 0.684. The molecule has 1 aliphatic carbocycles. The molecule has 1 N–H and O–H groups in total. The van der Waals surface area contributed by atoms with Gasteiger partial charge in [0, 0.05) is 6.07 Å². The van der Waals surface area contributed by atoms with E-state index in [4.69, 9.17) is 20.9 Å². The van der Waals surface area contributed by atoms with E-state index in [0.717, 1.165) is 5.56 Å². The third-order valence-electron chi connectivity index (χ3n) is 6.17. The third kappa shape index (κ3) is 3.60. The van der Waals surface area contributed by atoms with Gasteiger partial charge in [-0.3, -0.25) is 14.4 Å². The van der Waals surface area contributed by atoms with Gasteiger partial charge in [-0.15, -0.1) is 0 Å². The Labute approximate surface area is 202 Å². The van der Waals surface area contributed by atoms with E-state index in [1.165, 1.54) is 0 Å². The van der Waals surface area contributed by atoms with Crippen LogP contribution in [0.2, 0.25) is 5.02 Å². The van der Waals surface area contributed by atoms with Crippen molar-refractivity contribution in [2.24, 2.45) is 5.92 Å². The fraction of sp³-hybridized carbons (Fsp3) is 0.435. The standard InChI is InChI=1S/C23H25ClN4O5S/c1-12(2)11-32-21-17(24)7-14(10-25-21)28-18-9-19-15(8-16(18)23(5-6-23)22(28)29)20(26-33-19)27-34(30,31)13(3)4/h7-10,12-13H,5-6,11H2,1-4H3,(H,26,27). The molecule has 1 saturated carbocycles. The summed E-state index contributed by atoms with van der Waals surface area (Å²) >= 11 is 6.42. The molecule has 0 radical (unpaired) electrons. The van der Waals surface area contributed by atoms with E-state index >= 15 is 0 Å². The van der Waals surface area contributed by atoms with E-state index in [0.29, 0.717) is 58.6 Å². The van der Waals surface area contributed by atoms with Gasteiger partial charge in [0.25, 0.3) is 0 Å². The van der Waals surface area contributed by atoms with Crippen molar-refractivity contribution < 1.29 is 22.5 Å². The maximum atomic E-state index is 13.5. The van der Waals surface area contributed by atoms with Crippen molar-refractivity contribution in [1.29, 1.82) is 0 Å². The summed E-state index contributed by atoms with van der Waals surface area (Å²) in [6.07, 6.45) is 2.98. The van der Waals surface area contributed by atoms with Crippen molar-refractivity contribution >= 4 is 55.7 Å². The number of hydrogen-bond donors (Lipinski definition) is 1. The molecule has 1 aromatic carbocycles. The molecule has 9 nitrogen and oxygen atoms in total. The lowest BCUT2D eigenvalue weighted by Gasteiger charge is -2.19. The lowest BCUT2D eigenvalue weighted by Crippen LogP contribution is -2.28. The zero-order chi connectivity index (χ0) is 24.4. The Kier molecular flexibility index (Phi) is 5.29. The number of carbonyl (C=O) groups excluding carboxylic acids is 1. The largest absolute Gasteiger partial charge is 0.476 e. The Bertz CT molecular complexity index is 1410. The van der Waals surface area contributed by atoms with Crippen LogP contribution in [0.1, 0.15) is 46.1 Å². The molecule has 1 spiro atoms. The van der Waals surface area contributed by atoms with Crippen LogP contribution in [0.25, 0.3) is 11.0 Å². The van der Waals surface area contributed by atoms with Crippen molar-refractivity contribution in [3.63, 3.8) is 0 Å². The molecule has 3 heterocycles. The number of benzene rings is 1. The summed E-state index contributed by atoms with van der Waals surface area (Å²) < 4.78 is 38.3. The molecule has 5 rings (SSSR count). The number of nitrogens with zero attached hydrogens (tertiary/aromatic N) is 3. The lowest BCUT2D eigenvalue weighted by molar-refractivity contribution is -0.119. The summed E-state index contributed by atoms with van der Waals surface area (Å²) in [6, 6.07) is 5.19. The highest BCUT2D eigenvalue weighted by atomic mass is 35.5. The van der Waals surface area contributed by atoms with Gasteiger partial charge in [0.1, 0.15) is 5.02 Å². The van der Waals surface area contributed by atoms with Crippen LogP contribution in [0.15, 0.2) is 28.9 Å². The number of carbonyl (C=O) groups is 1. The molecule has 0 bridgehead atoms. The Balaban J connectivity index is 1.56. The first-order valence-electron chi connectivity index (χ1n) is 11.1. The number of fused-ring (bicyclic) bond motifs is 3. The average Bonchev–Trinajstić information content (AvgIpc) is 3.44. The lowest BCUT2D eigenvalue weighted by atomic mass is 9.96. The molecule has 1 amide bonds. The van der Waals surface area contributed by atoms with Gasteiger partial charge in [-0.1, -0.05) is 30.6 Å². The molecule has 0 saturated heterocycles. The number of aromatic nitrogens is 2. The molecule has 0 atom stereocenters. The number of amides is 1. The highest BCUT2D eigenvalue weighted by Gasteiger charge is 2.60. The Morgan fingerprint density at radius 1 is 1.24 bits per heavy atom. The molecule has 3 aromatic rings. The van der Waals surface area contributed by atoms with Gasteiger partial charge in [-0.05, 0) is 50.3 Å². The van der Waals surface area contributed by atoms with Gasteiger partial charge < -0.3 is 9.26 Å². The van der Waals surface area contributed by atoms with Crippen LogP contribution in [0, 0.1) is 5.92 Å². The zero-order valence-electron chi connectivity index (χ0n) is 19.3. The summed E-state index contributed by atoms with van der Waals surface area (Å²) in [4.78, 5) is 19.5. The monoisotopic (exact) mass is 504 g/mol. The van der Waals surface area contributed by atoms with Gasteiger partial charge in [-0.25, -0.2) is 13.4 Å². The fourth-order valence-corrected chi connectivity index (χ4v) is 4.93. The predicted octanol–water partition coefficient (Wildman–Crippen LogP) is 4.77. The number of ether oxygens (including phenoxy) is 1. The first kappa shape index (κ1) is 22.9. The molecular weight excluding hydrogens is 480 g/mol. The van der Waals surface area contributed by atoms with Crippen LogP contribution in [0.5, 0.6) is 5.88 Å². The predicted molar refractivity (Wildman–Crippen MR) is 129 cm³/mol. The number of halogens is 1. The molecule has 2 aromatic heterocycles. The highest BCUT2D eigenvalue weighted by Crippen LogP contribution is 2.60. The molecule has 0 unspecified atom stereocenters. The normalized spacial score (nSPS) is 16.7. The van der Waals surface area contributed by atoms with E-state index in [9.17, 15) is 13.2 Å². The summed E-state index contributed by atoms with van der Waals surface area (Å²) in [6.45, 7) is 7.70. The van der Waals surface area contributed by atoms with Crippen molar-refractivity contribution in [3.8, 4) is 5.88 Å². The molecule has 11 heteroatoms. The first-order valence-corrected chi connectivity index (χ1v) is 13.0. The molecule has 2 aliphatic rings. The van der Waals surface area contributed by atoms with Crippen molar-refractivity contribution in [2.45, 2.75) is 51.2 Å². The Morgan fingerprint density at radius 3 is 2.59 bits per heavy atom. The molecule has 1 aliphatic heterocycles. The minimum atomic E-state index is -3.61. The molecular formula is C23H25ClN4O5S. The first-order chi connectivity index (χ1) is 16.0. The number of nitrogens with one attached hydrogen (secondary N) is 1. The minimum Gasteiger partial charge on any atom is -0.476 e. The Morgan fingerprint density at radius 2 is 1.97 bits per heavy atom. The second-order valence-corrected chi connectivity index (χ2v) is 12.1. The van der Waals surface area contributed by atoms with E-state index in [-0.39, 0.29) is 11.7 Å². The Hall–Kier alpha value is -2.85. The summed E-state index contributed by atoms with van der Waals surface area (Å²) in [5.41, 5.74) is 1.71. The van der Waals surface area contributed by atoms with Crippen LogP contribution < -0.4 is 14.4 Å². The van der Waals surface area contributed by atoms with Crippen LogP contribution >= 0.6 is 11.6 Å². The van der Waals surface area contributed by atoms with Crippen molar-refractivity contribution in [1.82, 2.24) is 10.1 Å². The van der Waals surface area contributed by atoms with E-state index in [1.54, 1.807) is 43.1 Å². The van der Waals surface area contributed by atoms with Crippen LogP contribution in [0.4, 0.5) is 17.2 Å². The van der Waals surface area contributed by atoms with Crippen molar-refractivity contribution in [2.75, 3.05) is 16.2 Å². The second-order valence-electron chi connectivity index (χ2n) is 9.50. The summed E-state index contributed by atoms with van der Waals surface area (Å²) in [7, 11) is -3.61. The van der Waals surface area contributed by atoms with E-state index in [2.05, 4.69) is 14.9 Å². The van der Waals surface area contributed by atoms with Gasteiger partial charge in [0.05, 0.1) is 40.2 Å². The number of pyridine rings is 1. The SMILES string of the molecule is CC(C)COc1ncc(N2C(=O)C3(CC3)c3cc4c(NS(=O)(=O)C(C)C)noc4cc32)cc1Cl. The third-order valence-corrected chi connectivity index (χ3v) is 8.16. The summed E-state index contributed by atoms with van der Waals surface area (Å²) in [5, 5.41) is 4.12. The fourth-order valence-electron chi connectivity index (χ4n) is 4.06. The number of sulfonamides is 1. The maximum Gasteiger partial charge on any atom is 0.242 e. The number of hydrogen-bond acceptors (Lipinski definition) is 7. The maximum absolute atomic E-state index is 13.5. The topological polar surface area (TPSA) is 115 Å². The van der Waals surface area contributed by atoms with Crippen LogP contribution in [-0.2, 0) is 20.2 Å². The number of rotatable bonds is 7. The smallest absolute Gasteiger partial charge is 0.242 e. The second kappa shape index (κ2) is 7.84. The average molecular weight is 505 g/mol. The van der Waals surface area contributed by atoms with Crippen LogP contribution in [-0.4, -0.2) is 36.3 Å². The van der Waals surface area contributed by atoms with Gasteiger partial charge in [-0.2, -0.15) is 0 Å². The molecule has 180 valence electrons. The molecule has 1 fully saturated rings. The van der Waals surface area contributed by atoms with Gasteiger partial charge >= 0.3 is 0 Å².